The van der Waals surface area contributed by atoms with E-state index in [0.717, 1.165) is 17.8 Å². The Bertz CT molecular complexity index is 1000. The van der Waals surface area contributed by atoms with E-state index in [0.29, 0.717) is 11.2 Å². The smallest absolute Gasteiger partial charge is 0.333 e. The summed E-state index contributed by atoms with van der Waals surface area (Å²) in [4.78, 5) is 35.6. The zero-order chi connectivity index (χ0) is 23.2. The summed E-state index contributed by atoms with van der Waals surface area (Å²) in [6.45, 7) is -0.355. The van der Waals surface area contributed by atoms with Crippen LogP contribution in [0, 0.1) is 17.8 Å². The van der Waals surface area contributed by atoms with Crippen molar-refractivity contribution in [3.63, 3.8) is 0 Å². The lowest BCUT2D eigenvalue weighted by Crippen LogP contribution is -2.55. The van der Waals surface area contributed by atoms with Crippen molar-refractivity contribution in [1.29, 1.82) is 0 Å². The molecule has 0 radical (unpaired) electrons. The quantitative estimate of drug-likeness (QED) is 0.585. The van der Waals surface area contributed by atoms with E-state index in [1.54, 1.807) is 0 Å². The molecule has 5 aliphatic rings. The maximum absolute atomic E-state index is 12.5. The Balaban J connectivity index is 1.21. The van der Waals surface area contributed by atoms with E-state index in [4.69, 9.17) is 4.74 Å². The number of ether oxygens (including phenoxy) is 1. The lowest BCUT2D eigenvalue weighted by atomic mass is 9.48. The number of aliphatic carboxylic acids is 2. The molecule has 0 spiro atoms. The number of benzene rings is 1. The number of carboxylic acids is 2. The van der Waals surface area contributed by atoms with Crippen molar-refractivity contribution in [1.82, 2.24) is 5.32 Å². The van der Waals surface area contributed by atoms with Gasteiger partial charge in [-0.05, 0) is 85.5 Å². The van der Waals surface area contributed by atoms with E-state index in [9.17, 15) is 24.6 Å². The van der Waals surface area contributed by atoms with E-state index in [1.165, 1.54) is 62.3 Å². The van der Waals surface area contributed by atoms with Gasteiger partial charge in [-0.1, -0.05) is 24.3 Å². The van der Waals surface area contributed by atoms with Gasteiger partial charge in [-0.3, -0.25) is 4.79 Å². The molecule has 4 saturated carbocycles. The van der Waals surface area contributed by atoms with Gasteiger partial charge in [0.05, 0.1) is 0 Å². The van der Waals surface area contributed by atoms with E-state index in [-0.39, 0.29) is 18.6 Å². The molecule has 4 bridgehead atoms. The molecule has 4 fully saturated rings. The normalized spacial score (nSPS) is 33.9. The van der Waals surface area contributed by atoms with Gasteiger partial charge >= 0.3 is 11.9 Å². The van der Waals surface area contributed by atoms with E-state index in [2.05, 4.69) is 17.4 Å². The number of carbonyl (C=O) groups excluding carboxylic acids is 1. The molecule has 174 valence electrons. The van der Waals surface area contributed by atoms with Gasteiger partial charge in [0.15, 0.2) is 12.1 Å². The standard InChI is InChI=1S/C26H29NO6/c28-22(27-26(24(31)32)7-1-2-19(14-26)23(29)30)15-33-21-5-3-20(4-6-21)25-11-16-8-17(12-25)10-18(9-16)13-25/h1-7,16-18H,8-15H2,(H,27,28)(H,29,30)(H,31,32). The third-order valence-electron chi connectivity index (χ3n) is 8.04. The Morgan fingerprint density at radius 1 is 0.970 bits per heavy atom. The van der Waals surface area contributed by atoms with Crippen molar-refractivity contribution in [2.45, 2.75) is 55.9 Å². The number of hydrogen-bond acceptors (Lipinski definition) is 4. The molecule has 3 N–H and O–H groups in total. The lowest BCUT2D eigenvalue weighted by molar-refractivity contribution is -0.146. The summed E-state index contributed by atoms with van der Waals surface area (Å²) in [5.74, 6) is -0.0196. The fraction of sp³-hybridized carbons (Fsp3) is 0.500. The van der Waals surface area contributed by atoms with Crippen molar-refractivity contribution in [2.24, 2.45) is 17.8 Å². The minimum atomic E-state index is -1.80. The molecular formula is C26H29NO6. The summed E-state index contributed by atoms with van der Waals surface area (Å²) < 4.78 is 5.62. The lowest BCUT2D eigenvalue weighted by Gasteiger charge is -2.57. The highest BCUT2D eigenvalue weighted by Gasteiger charge is 2.51. The van der Waals surface area contributed by atoms with Gasteiger partial charge in [-0.25, -0.2) is 9.59 Å². The maximum atomic E-state index is 12.5. The molecule has 7 nitrogen and oxygen atoms in total. The molecule has 33 heavy (non-hydrogen) atoms. The first-order chi connectivity index (χ1) is 15.8. The van der Waals surface area contributed by atoms with Crippen LogP contribution in [0.3, 0.4) is 0 Å². The fourth-order valence-corrected chi connectivity index (χ4v) is 6.98. The van der Waals surface area contributed by atoms with Crippen LogP contribution in [-0.4, -0.2) is 40.2 Å². The molecular weight excluding hydrogens is 422 g/mol. The molecule has 0 saturated heterocycles. The van der Waals surface area contributed by atoms with Gasteiger partial charge in [0.1, 0.15) is 5.75 Å². The van der Waals surface area contributed by atoms with E-state index in [1.807, 2.05) is 12.1 Å². The van der Waals surface area contributed by atoms with Crippen molar-refractivity contribution in [2.75, 3.05) is 6.61 Å². The molecule has 1 amide bonds. The molecule has 1 aromatic carbocycles. The number of hydrogen-bond donors (Lipinski definition) is 3. The second-order valence-electron chi connectivity index (χ2n) is 10.4. The highest BCUT2D eigenvalue weighted by atomic mass is 16.5. The van der Waals surface area contributed by atoms with Crippen LogP contribution in [0.4, 0.5) is 0 Å². The first-order valence-corrected chi connectivity index (χ1v) is 11.7. The average Bonchev–Trinajstić information content (AvgIpc) is 2.77. The highest BCUT2D eigenvalue weighted by molar-refractivity contribution is 5.94. The van der Waals surface area contributed by atoms with Gasteiger partial charge in [-0.2, -0.15) is 0 Å². The van der Waals surface area contributed by atoms with Gasteiger partial charge < -0.3 is 20.3 Å². The molecule has 6 rings (SSSR count). The van der Waals surface area contributed by atoms with Crippen LogP contribution >= 0.6 is 0 Å². The molecule has 0 aromatic heterocycles. The largest absolute Gasteiger partial charge is 0.484 e. The summed E-state index contributed by atoms with van der Waals surface area (Å²) in [5.41, 5.74) is -0.225. The summed E-state index contributed by atoms with van der Waals surface area (Å²) >= 11 is 0. The Morgan fingerprint density at radius 3 is 2.12 bits per heavy atom. The maximum Gasteiger partial charge on any atom is 0.333 e. The molecule has 1 unspecified atom stereocenters. The minimum Gasteiger partial charge on any atom is -0.484 e. The predicted octanol–water partition coefficient (Wildman–Crippen LogP) is 3.44. The molecule has 7 heteroatoms. The van der Waals surface area contributed by atoms with E-state index < -0.39 is 23.4 Å². The summed E-state index contributed by atoms with van der Waals surface area (Å²) in [5, 5.41) is 21.3. The first-order valence-electron chi connectivity index (χ1n) is 11.7. The number of carbonyl (C=O) groups is 3. The topological polar surface area (TPSA) is 113 Å². The van der Waals surface area contributed by atoms with Gasteiger partial charge in [-0.15, -0.1) is 0 Å². The van der Waals surface area contributed by atoms with Crippen LogP contribution in [0.1, 0.15) is 50.5 Å². The van der Waals surface area contributed by atoms with Crippen LogP contribution in [-0.2, 0) is 19.8 Å². The number of nitrogens with one attached hydrogen (secondary N) is 1. The number of rotatable bonds is 7. The Kier molecular flexibility index (Phi) is 5.30. The van der Waals surface area contributed by atoms with Crippen LogP contribution in [0.15, 0.2) is 48.1 Å². The minimum absolute atomic E-state index is 0.0821. The Labute approximate surface area is 192 Å². The summed E-state index contributed by atoms with van der Waals surface area (Å²) in [7, 11) is 0. The summed E-state index contributed by atoms with van der Waals surface area (Å²) in [6, 6.07) is 8.01. The molecule has 0 heterocycles. The number of carboxylic acid groups (broad SMARTS) is 2. The average molecular weight is 452 g/mol. The van der Waals surface area contributed by atoms with Crippen molar-refractivity contribution in [3.8, 4) is 5.75 Å². The zero-order valence-corrected chi connectivity index (χ0v) is 18.5. The second-order valence-corrected chi connectivity index (χ2v) is 10.4. The van der Waals surface area contributed by atoms with Crippen LogP contribution in [0.25, 0.3) is 0 Å². The molecule has 1 aromatic rings. The fourth-order valence-electron chi connectivity index (χ4n) is 6.98. The Hall–Kier alpha value is -3.09. The third kappa shape index (κ3) is 4.05. The van der Waals surface area contributed by atoms with E-state index >= 15 is 0 Å². The second kappa shape index (κ2) is 8.04. The SMILES string of the molecule is O=C(COc1ccc(C23CC4CC(CC(C4)C2)C3)cc1)NC1(C(=O)O)C=CC=C(C(=O)O)C1. The monoisotopic (exact) mass is 451 g/mol. The third-order valence-corrected chi connectivity index (χ3v) is 8.04. The van der Waals surface area contributed by atoms with Crippen molar-refractivity contribution < 1.29 is 29.3 Å². The van der Waals surface area contributed by atoms with Gasteiger partial charge in [0.2, 0.25) is 0 Å². The highest BCUT2D eigenvalue weighted by Crippen LogP contribution is 2.60. The van der Waals surface area contributed by atoms with Crippen molar-refractivity contribution >= 4 is 17.8 Å². The van der Waals surface area contributed by atoms with Crippen LogP contribution in [0.5, 0.6) is 5.75 Å². The number of amides is 1. The molecule has 5 aliphatic carbocycles. The Morgan fingerprint density at radius 2 is 1.58 bits per heavy atom. The molecule has 1 atom stereocenters. The first kappa shape index (κ1) is 21.7. The predicted molar refractivity (Wildman–Crippen MR) is 120 cm³/mol. The molecule has 0 aliphatic heterocycles. The van der Waals surface area contributed by atoms with Crippen molar-refractivity contribution in [3.05, 3.63) is 53.6 Å². The zero-order valence-electron chi connectivity index (χ0n) is 18.5. The van der Waals surface area contributed by atoms with Crippen LogP contribution in [0.2, 0.25) is 0 Å². The number of allylic oxidation sites excluding steroid dienone is 2. The van der Waals surface area contributed by atoms with Gasteiger partial charge in [0.25, 0.3) is 5.91 Å². The summed E-state index contributed by atoms with van der Waals surface area (Å²) in [6.07, 6.45) is 11.6. The van der Waals surface area contributed by atoms with Gasteiger partial charge in [0, 0.05) is 12.0 Å². The van der Waals surface area contributed by atoms with Crippen LogP contribution < -0.4 is 10.1 Å².